The van der Waals surface area contributed by atoms with Crippen LogP contribution in [0.5, 0.6) is 0 Å². The molecule has 0 radical (unpaired) electrons. The van der Waals surface area contributed by atoms with E-state index in [4.69, 9.17) is 0 Å². The van der Waals surface area contributed by atoms with E-state index in [1.165, 1.54) is 12.1 Å². The van der Waals surface area contributed by atoms with Gasteiger partial charge in [-0.2, -0.15) is 5.10 Å². The number of benzene rings is 1. The molecule has 3 aromatic rings. The fraction of sp³-hybridized carbons (Fsp3) is 0.167. The molecule has 0 unspecified atom stereocenters. The highest BCUT2D eigenvalue weighted by Gasteiger charge is 2.17. The summed E-state index contributed by atoms with van der Waals surface area (Å²) in [6.07, 6.45) is 3.52. The molecule has 0 aliphatic rings. The predicted molar refractivity (Wildman–Crippen MR) is 95.6 cm³/mol. The van der Waals surface area contributed by atoms with Crippen LogP contribution in [0.1, 0.15) is 15.9 Å². The Kier molecular flexibility index (Phi) is 5.02. The molecule has 2 heterocycles. The molecule has 0 saturated heterocycles. The molecule has 132 valence electrons. The third-order valence-corrected chi connectivity index (χ3v) is 3.94. The Morgan fingerprint density at radius 3 is 2.77 bits per heavy atom. The van der Waals surface area contributed by atoms with Crippen LogP contribution in [0.2, 0.25) is 0 Å². The molecule has 0 spiro atoms. The largest absolute Gasteiger partial charge is 0.350 e. The third kappa shape index (κ3) is 3.75. The fourth-order valence-corrected chi connectivity index (χ4v) is 2.58. The van der Waals surface area contributed by atoms with Crippen LogP contribution < -0.4 is 5.32 Å². The number of nitrogens with one attached hydrogen (secondary N) is 1. The molecule has 0 bridgehead atoms. The normalized spacial score (nSPS) is 10.5. The number of carbonyl (C=O) groups excluding carboxylic acids is 1. The van der Waals surface area contributed by atoms with Crippen molar-refractivity contribution in [2.45, 2.75) is 13.5 Å². The zero-order chi connectivity index (χ0) is 18.5. The summed E-state index contributed by atoms with van der Waals surface area (Å²) < 4.78 is 1.71. The van der Waals surface area contributed by atoms with Gasteiger partial charge in [0.2, 0.25) is 0 Å². The molecule has 2 aromatic heterocycles. The van der Waals surface area contributed by atoms with E-state index in [1.54, 1.807) is 23.9 Å². The lowest BCUT2D eigenvalue weighted by Gasteiger charge is -2.08. The van der Waals surface area contributed by atoms with Crippen molar-refractivity contribution in [1.82, 2.24) is 20.1 Å². The Bertz CT molecular complexity index is 937. The topological polar surface area (TPSA) is 103 Å². The molecule has 1 amide bonds. The maximum Gasteiger partial charge on any atom is 0.273 e. The third-order valence-electron chi connectivity index (χ3n) is 3.94. The number of nitrogens with zero attached hydrogens (tertiary/aromatic N) is 4. The summed E-state index contributed by atoms with van der Waals surface area (Å²) in [7, 11) is 0. The number of rotatable bonds is 6. The van der Waals surface area contributed by atoms with Gasteiger partial charge in [-0.1, -0.05) is 12.1 Å². The predicted octanol–water partition coefficient (Wildman–Crippen LogP) is 2.59. The molecule has 0 fully saturated rings. The first kappa shape index (κ1) is 17.3. The van der Waals surface area contributed by atoms with Crippen molar-refractivity contribution in [3.05, 3.63) is 76.1 Å². The van der Waals surface area contributed by atoms with Crippen molar-refractivity contribution < 1.29 is 9.72 Å². The van der Waals surface area contributed by atoms with Crippen LogP contribution in [0.15, 0.2) is 54.9 Å². The van der Waals surface area contributed by atoms with Gasteiger partial charge in [0.25, 0.3) is 11.6 Å². The highest BCUT2D eigenvalue weighted by molar-refractivity contribution is 5.96. The van der Waals surface area contributed by atoms with Crippen LogP contribution in [0.25, 0.3) is 11.4 Å². The molecule has 0 aliphatic heterocycles. The van der Waals surface area contributed by atoms with Gasteiger partial charge < -0.3 is 5.32 Å². The highest BCUT2D eigenvalue weighted by Crippen LogP contribution is 2.20. The summed E-state index contributed by atoms with van der Waals surface area (Å²) in [5.74, 6) is -0.344. The summed E-state index contributed by atoms with van der Waals surface area (Å²) in [5.41, 5.74) is 2.12. The van der Waals surface area contributed by atoms with E-state index in [-0.39, 0.29) is 11.6 Å². The summed E-state index contributed by atoms with van der Waals surface area (Å²) in [6, 6.07) is 11.9. The minimum atomic E-state index is -0.491. The lowest BCUT2D eigenvalue weighted by Crippen LogP contribution is -2.28. The molecule has 26 heavy (non-hydrogen) atoms. The lowest BCUT2D eigenvalue weighted by molar-refractivity contribution is -0.385. The van der Waals surface area contributed by atoms with Crippen molar-refractivity contribution in [2.75, 3.05) is 6.54 Å². The van der Waals surface area contributed by atoms with E-state index >= 15 is 0 Å². The van der Waals surface area contributed by atoms with Crippen molar-refractivity contribution in [3.63, 3.8) is 0 Å². The number of nitro groups is 1. The van der Waals surface area contributed by atoms with Crippen LogP contribution in [-0.4, -0.2) is 32.1 Å². The lowest BCUT2D eigenvalue weighted by atomic mass is 10.1. The zero-order valence-corrected chi connectivity index (χ0v) is 14.1. The average Bonchev–Trinajstić information content (AvgIpc) is 3.11. The van der Waals surface area contributed by atoms with Gasteiger partial charge in [0.15, 0.2) is 0 Å². The van der Waals surface area contributed by atoms with Crippen molar-refractivity contribution >= 4 is 11.6 Å². The van der Waals surface area contributed by atoms with Gasteiger partial charge in [0.05, 0.1) is 17.2 Å². The van der Waals surface area contributed by atoms with Crippen LogP contribution in [0.4, 0.5) is 5.69 Å². The number of carbonyl (C=O) groups is 1. The molecule has 3 rings (SSSR count). The molecule has 0 saturated carbocycles. The summed E-state index contributed by atoms with van der Waals surface area (Å²) in [5, 5.41) is 18.2. The molecule has 1 aromatic carbocycles. The van der Waals surface area contributed by atoms with Gasteiger partial charge >= 0.3 is 0 Å². The van der Waals surface area contributed by atoms with Gasteiger partial charge in [-0.05, 0) is 31.2 Å². The SMILES string of the molecule is Cc1c(C(=O)NCCn2ccc(-c3ccccn3)n2)cccc1[N+](=O)[O-]. The molecule has 1 N–H and O–H groups in total. The number of pyridine rings is 1. The van der Waals surface area contributed by atoms with E-state index in [1.807, 2.05) is 30.5 Å². The van der Waals surface area contributed by atoms with Gasteiger partial charge in [0.1, 0.15) is 5.69 Å². The van der Waals surface area contributed by atoms with Crippen LogP contribution in [0.3, 0.4) is 0 Å². The van der Waals surface area contributed by atoms with E-state index < -0.39 is 4.92 Å². The quantitative estimate of drug-likeness (QED) is 0.543. The number of amides is 1. The monoisotopic (exact) mass is 351 g/mol. The van der Waals surface area contributed by atoms with Gasteiger partial charge in [-0.15, -0.1) is 0 Å². The maximum atomic E-state index is 12.3. The molecule has 8 nitrogen and oxygen atoms in total. The first-order valence-corrected chi connectivity index (χ1v) is 8.03. The Morgan fingerprint density at radius 1 is 1.19 bits per heavy atom. The Morgan fingerprint density at radius 2 is 2.04 bits per heavy atom. The Hall–Kier alpha value is -3.55. The summed E-state index contributed by atoms with van der Waals surface area (Å²) in [4.78, 5) is 27.0. The van der Waals surface area contributed by atoms with Crippen LogP contribution in [0, 0.1) is 17.0 Å². The van der Waals surface area contributed by atoms with E-state index in [9.17, 15) is 14.9 Å². The Labute approximate surface area is 149 Å². The minimum absolute atomic E-state index is 0.0651. The molecule has 0 atom stereocenters. The molecule has 0 aliphatic carbocycles. The highest BCUT2D eigenvalue weighted by atomic mass is 16.6. The fourth-order valence-electron chi connectivity index (χ4n) is 2.58. The average molecular weight is 351 g/mol. The second kappa shape index (κ2) is 7.56. The van der Waals surface area contributed by atoms with E-state index in [0.717, 1.165) is 11.4 Å². The number of aromatic nitrogens is 3. The number of nitro benzene ring substituents is 1. The van der Waals surface area contributed by atoms with Gasteiger partial charge in [0, 0.05) is 36.1 Å². The zero-order valence-electron chi connectivity index (χ0n) is 14.1. The minimum Gasteiger partial charge on any atom is -0.350 e. The molecule has 8 heteroatoms. The first-order valence-electron chi connectivity index (χ1n) is 8.03. The maximum absolute atomic E-state index is 12.3. The van der Waals surface area contributed by atoms with Crippen molar-refractivity contribution in [3.8, 4) is 11.4 Å². The Balaban J connectivity index is 1.60. The van der Waals surface area contributed by atoms with Gasteiger partial charge in [-0.25, -0.2) is 0 Å². The summed E-state index contributed by atoms with van der Waals surface area (Å²) in [6.45, 7) is 2.40. The van der Waals surface area contributed by atoms with E-state index in [0.29, 0.717) is 24.2 Å². The van der Waals surface area contributed by atoms with Crippen LogP contribution in [-0.2, 0) is 6.54 Å². The van der Waals surface area contributed by atoms with Crippen molar-refractivity contribution in [1.29, 1.82) is 0 Å². The summed E-state index contributed by atoms with van der Waals surface area (Å²) >= 11 is 0. The number of hydrogen-bond acceptors (Lipinski definition) is 5. The van der Waals surface area contributed by atoms with Crippen molar-refractivity contribution in [2.24, 2.45) is 0 Å². The molecular formula is C18H17N5O3. The second-order valence-corrected chi connectivity index (χ2v) is 5.64. The second-order valence-electron chi connectivity index (χ2n) is 5.64. The van der Waals surface area contributed by atoms with E-state index in [2.05, 4.69) is 15.4 Å². The first-order chi connectivity index (χ1) is 12.6. The van der Waals surface area contributed by atoms with Crippen LogP contribution >= 0.6 is 0 Å². The van der Waals surface area contributed by atoms with Gasteiger partial charge in [-0.3, -0.25) is 24.6 Å². The smallest absolute Gasteiger partial charge is 0.273 e. The molecular weight excluding hydrogens is 334 g/mol. The standard InChI is InChI=1S/C18H17N5O3/c1-13-14(5-4-7-17(13)23(25)26)18(24)20-10-12-22-11-8-16(21-22)15-6-2-3-9-19-15/h2-9,11H,10,12H2,1H3,(H,20,24). The number of hydrogen-bond donors (Lipinski definition) is 1.